The molecule has 0 aliphatic rings. The van der Waals surface area contributed by atoms with E-state index >= 15 is 0 Å². The topological polar surface area (TPSA) is 28.7 Å². The van der Waals surface area contributed by atoms with Gasteiger partial charge in [0.25, 0.3) is 0 Å². The Kier molecular flexibility index (Phi) is 1.99. The third-order valence-corrected chi connectivity index (χ3v) is 1.74. The molecule has 2 aromatic rings. The van der Waals surface area contributed by atoms with Crippen LogP contribution in [-0.2, 0) is 0 Å². The molecule has 1 N–H and O–H groups in total. The van der Waals surface area contributed by atoms with E-state index in [9.17, 15) is 13.2 Å². The number of aromatic nitrogens is 2. The molecule has 2 rings (SSSR count). The van der Waals surface area contributed by atoms with Gasteiger partial charge in [-0.25, -0.2) is 18.2 Å². The van der Waals surface area contributed by atoms with Crippen LogP contribution in [0, 0.1) is 17.5 Å². The zero-order valence-electron chi connectivity index (χ0n) is 6.89. The fourth-order valence-corrected chi connectivity index (χ4v) is 1.17. The molecule has 14 heavy (non-hydrogen) atoms. The van der Waals surface area contributed by atoms with E-state index in [1.165, 1.54) is 12.4 Å². The molecule has 0 aliphatic heterocycles. The van der Waals surface area contributed by atoms with Crippen molar-refractivity contribution in [2.75, 3.05) is 0 Å². The van der Waals surface area contributed by atoms with E-state index in [4.69, 9.17) is 0 Å². The second-order valence-electron chi connectivity index (χ2n) is 2.68. The van der Waals surface area contributed by atoms with E-state index in [-0.39, 0.29) is 11.4 Å². The van der Waals surface area contributed by atoms with Crippen molar-refractivity contribution in [2.45, 2.75) is 0 Å². The van der Waals surface area contributed by atoms with Gasteiger partial charge in [0, 0.05) is 24.5 Å². The molecule has 0 fully saturated rings. The van der Waals surface area contributed by atoms with Crippen molar-refractivity contribution in [3.8, 4) is 11.4 Å². The maximum Gasteiger partial charge on any atom is 0.143 e. The smallest absolute Gasteiger partial charge is 0.143 e. The quantitative estimate of drug-likeness (QED) is 0.749. The van der Waals surface area contributed by atoms with Crippen molar-refractivity contribution in [2.24, 2.45) is 0 Å². The molecule has 0 saturated carbocycles. The molecular weight excluding hydrogens is 193 g/mol. The van der Waals surface area contributed by atoms with Gasteiger partial charge in [-0.1, -0.05) is 0 Å². The van der Waals surface area contributed by atoms with Gasteiger partial charge in [-0.05, 0) is 0 Å². The molecule has 0 amide bonds. The maximum absolute atomic E-state index is 13.1. The van der Waals surface area contributed by atoms with Gasteiger partial charge in [0.2, 0.25) is 0 Å². The second-order valence-corrected chi connectivity index (χ2v) is 2.68. The highest BCUT2D eigenvalue weighted by Gasteiger charge is 2.14. The number of imidazole rings is 1. The minimum absolute atomic E-state index is 0.0417. The van der Waals surface area contributed by atoms with Crippen LogP contribution < -0.4 is 0 Å². The number of nitrogens with zero attached hydrogens (tertiary/aromatic N) is 1. The summed E-state index contributed by atoms with van der Waals surface area (Å²) in [6.07, 6.45) is 2.79. The monoisotopic (exact) mass is 198 g/mol. The summed E-state index contributed by atoms with van der Waals surface area (Å²) >= 11 is 0. The molecule has 5 heteroatoms. The van der Waals surface area contributed by atoms with E-state index in [1.54, 1.807) is 0 Å². The first-order valence-electron chi connectivity index (χ1n) is 3.83. The number of hydrogen-bond acceptors (Lipinski definition) is 1. The van der Waals surface area contributed by atoms with Gasteiger partial charge in [0.05, 0.1) is 5.56 Å². The number of benzene rings is 1. The average Bonchev–Trinajstić information content (AvgIpc) is 2.54. The van der Waals surface area contributed by atoms with Gasteiger partial charge in [0.15, 0.2) is 0 Å². The van der Waals surface area contributed by atoms with E-state index in [0.717, 1.165) is 0 Å². The molecule has 0 aliphatic carbocycles. The standard InChI is InChI=1S/C9H5F3N2/c10-5-3-6(11)8(7(12)4-5)9-13-1-2-14-9/h1-4H,(H,13,14). The summed E-state index contributed by atoms with van der Waals surface area (Å²) < 4.78 is 38.8. The molecular formula is C9H5F3N2. The molecule has 72 valence electrons. The van der Waals surface area contributed by atoms with Crippen LogP contribution in [0.25, 0.3) is 11.4 Å². The van der Waals surface area contributed by atoms with Crippen molar-refractivity contribution in [3.05, 3.63) is 42.0 Å². The SMILES string of the molecule is Fc1cc(F)c(-c2ncc[nH]2)c(F)c1. The Balaban J connectivity index is 2.64. The van der Waals surface area contributed by atoms with E-state index in [0.29, 0.717) is 12.1 Å². The molecule has 0 unspecified atom stereocenters. The average molecular weight is 198 g/mol. The van der Waals surface area contributed by atoms with Crippen LogP contribution >= 0.6 is 0 Å². The summed E-state index contributed by atoms with van der Waals surface area (Å²) in [5.41, 5.74) is -0.351. The fourth-order valence-electron chi connectivity index (χ4n) is 1.17. The van der Waals surface area contributed by atoms with Gasteiger partial charge in [0.1, 0.15) is 23.3 Å². The highest BCUT2D eigenvalue weighted by atomic mass is 19.1. The van der Waals surface area contributed by atoms with Crippen molar-refractivity contribution in [3.63, 3.8) is 0 Å². The summed E-state index contributed by atoms with van der Waals surface area (Å²) in [6, 6.07) is 1.22. The Morgan fingerprint density at radius 3 is 2.21 bits per heavy atom. The van der Waals surface area contributed by atoms with Crippen LogP contribution in [0.4, 0.5) is 13.2 Å². The first-order chi connectivity index (χ1) is 6.68. The lowest BCUT2D eigenvalue weighted by Gasteiger charge is -2.01. The van der Waals surface area contributed by atoms with Crippen LogP contribution in [0.3, 0.4) is 0 Å². The lowest BCUT2D eigenvalue weighted by atomic mass is 10.2. The van der Waals surface area contributed by atoms with Crippen LogP contribution in [0.2, 0.25) is 0 Å². The Morgan fingerprint density at radius 1 is 1.07 bits per heavy atom. The van der Waals surface area contributed by atoms with E-state index in [2.05, 4.69) is 9.97 Å². The third-order valence-electron chi connectivity index (χ3n) is 1.74. The Bertz CT molecular complexity index is 428. The number of hydrogen-bond donors (Lipinski definition) is 1. The van der Waals surface area contributed by atoms with Crippen molar-refractivity contribution >= 4 is 0 Å². The predicted molar refractivity (Wildman–Crippen MR) is 43.9 cm³/mol. The van der Waals surface area contributed by atoms with Crippen molar-refractivity contribution in [1.29, 1.82) is 0 Å². The largest absolute Gasteiger partial charge is 0.344 e. The molecule has 0 atom stereocenters. The normalized spacial score (nSPS) is 10.5. The molecule has 0 radical (unpaired) electrons. The molecule has 2 nitrogen and oxygen atoms in total. The molecule has 0 saturated heterocycles. The van der Waals surface area contributed by atoms with E-state index in [1.807, 2.05) is 0 Å². The Hall–Kier alpha value is -1.78. The predicted octanol–water partition coefficient (Wildman–Crippen LogP) is 2.49. The van der Waals surface area contributed by atoms with E-state index < -0.39 is 17.5 Å². The summed E-state index contributed by atoms with van der Waals surface area (Å²) in [7, 11) is 0. The maximum atomic E-state index is 13.1. The lowest BCUT2D eigenvalue weighted by Crippen LogP contribution is -1.93. The summed E-state index contributed by atoms with van der Waals surface area (Å²) in [5.74, 6) is -2.86. The zero-order valence-corrected chi connectivity index (χ0v) is 6.89. The zero-order chi connectivity index (χ0) is 10.1. The highest BCUT2D eigenvalue weighted by Crippen LogP contribution is 2.23. The highest BCUT2D eigenvalue weighted by molar-refractivity contribution is 5.56. The van der Waals surface area contributed by atoms with Gasteiger partial charge in [-0.15, -0.1) is 0 Å². The summed E-state index contributed by atoms with van der Waals surface area (Å²) in [6.45, 7) is 0. The molecule has 1 heterocycles. The summed E-state index contributed by atoms with van der Waals surface area (Å²) in [5, 5.41) is 0. The van der Waals surface area contributed by atoms with Crippen LogP contribution in [-0.4, -0.2) is 9.97 Å². The second kappa shape index (κ2) is 3.17. The van der Waals surface area contributed by atoms with Crippen LogP contribution in [0.1, 0.15) is 0 Å². The molecule has 0 spiro atoms. The fraction of sp³-hybridized carbons (Fsp3) is 0. The van der Waals surface area contributed by atoms with Crippen molar-refractivity contribution in [1.82, 2.24) is 9.97 Å². The Morgan fingerprint density at radius 2 is 1.71 bits per heavy atom. The number of H-pyrrole nitrogens is 1. The molecule has 0 bridgehead atoms. The summed E-state index contributed by atoms with van der Waals surface area (Å²) in [4.78, 5) is 6.22. The van der Waals surface area contributed by atoms with Gasteiger partial charge < -0.3 is 4.98 Å². The van der Waals surface area contributed by atoms with Gasteiger partial charge in [-0.3, -0.25) is 0 Å². The minimum Gasteiger partial charge on any atom is -0.344 e. The first kappa shape index (κ1) is 8.80. The number of halogens is 3. The first-order valence-corrected chi connectivity index (χ1v) is 3.83. The lowest BCUT2D eigenvalue weighted by molar-refractivity contribution is 0.547. The minimum atomic E-state index is -0.975. The van der Waals surface area contributed by atoms with Gasteiger partial charge in [-0.2, -0.15) is 0 Å². The number of nitrogens with one attached hydrogen (secondary N) is 1. The number of aromatic amines is 1. The molecule has 1 aromatic carbocycles. The van der Waals surface area contributed by atoms with Crippen molar-refractivity contribution < 1.29 is 13.2 Å². The van der Waals surface area contributed by atoms with Gasteiger partial charge >= 0.3 is 0 Å². The molecule has 1 aromatic heterocycles. The Labute approximate surface area is 77.4 Å². The number of rotatable bonds is 1. The third kappa shape index (κ3) is 1.37. The van der Waals surface area contributed by atoms with Crippen LogP contribution in [0.5, 0.6) is 0 Å². The van der Waals surface area contributed by atoms with Crippen LogP contribution in [0.15, 0.2) is 24.5 Å².